The van der Waals surface area contributed by atoms with Crippen LogP contribution in [0.15, 0.2) is 77.9 Å². The van der Waals surface area contributed by atoms with E-state index in [4.69, 9.17) is 4.74 Å². The van der Waals surface area contributed by atoms with Gasteiger partial charge in [-0.1, -0.05) is 60.2 Å². The lowest BCUT2D eigenvalue weighted by Gasteiger charge is -2.16. The van der Waals surface area contributed by atoms with Crippen LogP contribution in [-0.2, 0) is 11.4 Å². The predicted molar refractivity (Wildman–Crippen MR) is 128 cm³/mol. The summed E-state index contributed by atoms with van der Waals surface area (Å²) < 4.78 is 6.07. The predicted octanol–water partition coefficient (Wildman–Crippen LogP) is 3.54. The largest absolute Gasteiger partial charge is 0.489 e. The molecule has 9 nitrogen and oxygen atoms in total. The molecule has 2 atom stereocenters. The minimum absolute atomic E-state index is 0.0389. The number of benzene rings is 3. The van der Waals surface area contributed by atoms with E-state index in [2.05, 4.69) is 33.5 Å². The molecule has 3 aromatic carbocycles. The van der Waals surface area contributed by atoms with E-state index in [-0.39, 0.29) is 17.6 Å². The van der Waals surface area contributed by atoms with Crippen molar-refractivity contribution in [2.45, 2.75) is 32.0 Å². The van der Waals surface area contributed by atoms with Gasteiger partial charge in [-0.3, -0.25) is 14.9 Å². The van der Waals surface area contributed by atoms with E-state index in [0.29, 0.717) is 18.6 Å². The smallest absolute Gasteiger partial charge is 0.270 e. The first kappa shape index (κ1) is 23.1. The number of rotatable bonds is 8. The number of non-ortho nitro benzene ring substituents is 1. The maximum Gasteiger partial charge on any atom is 0.270 e. The summed E-state index contributed by atoms with van der Waals surface area (Å²) in [4.78, 5) is 22.9. The van der Waals surface area contributed by atoms with Gasteiger partial charge >= 0.3 is 0 Å². The lowest BCUT2D eigenvalue weighted by Crippen LogP contribution is -2.41. The summed E-state index contributed by atoms with van der Waals surface area (Å²) in [6, 6.07) is 21.3. The molecular formula is C25H25N5O4. The topological polar surface area (TPSA) is 118 Å². The van der Waals surface area contributed by atoms with Gasteiger partial charge in [0.1, 0.15) is 18.4 Å². The van der Waals surface area contributed by atoms with Crippen molar-refractivity contribution in [1.82, 2.24) is 16.3 Å². The molecule has 1 aliphatic heterocycles. The van der Waals surface area contributed by atoms with E-state index in [1.165, 1.54) is 23.9 Å². The number of nitrogens with zero attached hydrogens (tertiary/aromatic N) is 2. The van der Waals surface area contributed by atoms with E-state index in [1.807, 2.05) is 43.3 Å². The molecule has 1 heterocycles. The van der Waals surface area contributed by atoms with Crippen LogP contribution >= 0.6 is 0 Å². The molecule has 2 unspecified atom stereocenters. The summed E-state index contributed by atoms with van der Waals surface area (Å²) >= 11 is 0. The fourth-order valence-electron chi connectivity index (χ4n) is 3.64. The van der Waals surface area contributed by atoms with Crippen LogP contribution in [0.4, 0.5) is 5.69 Å². The summed E-state index contributed by atoms with van der Waals surface area (Å²) in [7, 11) is 0. The van der Waals surface area contributed by atoms with Crippen LogP contribution in [0, 0.1) is 17.0 Å². The van der Waals surface area contributed by atoms with Crippen LogP contribution in [-0.4, -0.2) is 23.1 Å². The monoisotopic (exact) mass is 459 g/mol. The Bertz CT molecular complexity index is 1200. The summed E-state index contributed by atoms with van der Waals surface area (Å²) in [6.07, 6.45) is 1.88. The maximum absolute atomic E-state index is 12.5. The Morgan fingerprint density at radius 3 is 2.74 bits per heavy atom. The van der Waals surface area contributed by atoms with Crippen molar-refractivity contribution in [2.75, 3.05) is 0 Å². The van der Waals surface area contributed by atoms with Gasteiger partial charge in [-0.2, -0.15) is 5.10 Å². The number of para-hydroxylation sites is 1. The molecule has 1 saturated heterocycles. The maximum atomic E-state index is 12.5. The highest BCUT2D eigenvalue weighted by Gasteiger charge is 2.31. The number of carbonyl (C=O) groups excluding carboxylic acids is 1. The zero-order valence-electron chi connectivity index (χ0n) is 18.6. The van der Waals surface area contributed by atoms with Gasteiger partial charge in [0.2, 0.25) is 0 Å². The molecule has 0 aromatic heterocycles. The van der Waals surface area contributed by atoms with Crippen LogP contribution in [0.1, 0.15) is 34.7 Å². The molecule has 4 rings (SSSR count). The Labute approximate surface area is 197 Å². The summed E-state index contributed by atoms with van der Waals surface area (Å²) in [5.41, 5.74) is 12.4. The molecule has 9 heteroatoms. The molecule has 174 valence electrons. The van der Waals surface area contributed by atoms with Gasteiger partial charge in [0.25, 0.3) is 11.6 Å². The highest BCUT2D eigenvalue weighted by atomic mass is 16.6. The van der Waals surface area contributed by atoms with Crippen molar-refractivity contribution >= 4 is 17.8 Å². The SMILES string of the molecule is Cc1ccc(COc2ccccc2C2CC(C(=O)N/N=C/c3cccc([N+](=O)[O-])c3)NN2)cc1. The van der Waals surface area contributed by atoms with E-state index >= 15 is 0 Å². The zero-order chi connectivity index (χ0) is 23.9. The number of aryl methyl sites for hydroxylation is 1. The number of ether oxygens (including phenoxy) is 1. The highest BCUT2D eigenvalue weighted by molar-refractivity contribution is 5.85. The van der Waals surface area contributed by atoms with E-state index < -0.39 is 11.0 Å². The van der Waals surface area contributed by atoms with Crippen LogP contribution < -0.4 is 21.0 Å². The quantitative estimate of drug-likeness (QED) is 0.269. The van der Waals surface area contributed by atoms with Gasteiger partial charge in [-0.15, -0.1) is 0 Å². The van der Waals surface area contributed by atoms with Crippen molar-refractivity contribution in [3.05, 3.63) is 105 Å². The minimum Gasteiger partial charge on any atom is -0.489 e. The molecule has 0 bridgehead atoms. The lowest BCUT2D eigenvalue weighted by atomic mass is 10.0. The summed E-state index contributed by atoms with van der Waals surface area (Å²) in [5.74, 6) is 0.446. The Kier molecular flexibility index (Phi) is 7.26. The molecule has 0 radical (unpaired) electrons. The van der Waals surface area contributed by atoms with Crippen molar-refractivity contribution in [2.24, 2.45) is 5.10 Å². The van der Waals surface area contributed by atoms with Crippen molar-refractivity contribution in [3.63, 3.8) is 0 Å². The molecule has 3 N–H and O–H groups in total. The van der Waals surface area contributed by atoms with E-state index in [1.54, 1.807) is 12.1 Å². The first-order valence-corrected chi connectivity index (χ1v) is 10.9. The van der Waals surface area contributed by atoms with Crippen LogP contribution in [0.2, 0.25) is 0 Å². The number of amides is 1. The third kappa shape index (κ3) is 5.83. The summed E-state index contributed by atoms with van der Waals surface area (Å²) in [6.45, 7) is 2.50. The number of hydrogen-bond donors (Lipinski definition) is 3. The molecule has 0 aliphatic carbocycles. The van der Waals surface area contributed by atoms with Gasteiger partial charge in [-0.25, -0.2) is 16.3 Å². The van der Waals surface area contributed by atoms with Gasteiger partial charge in [0, 0.05) is 23.3 Å². The number of nitrogens with one attached hydrogen (secondary N) is 3. The number of carbonyl (C=O) groups is 1. The second-order valence-corrected chi connectivity index (χ2v) is 8.03. The fraction of sp³-hybridized carbons (Fsp3) is 0.200. The summed E-state index contributed by atoms with van der Waals surface area (Å²) in [5, 5.41) is 14.8. The van der Waals surface area contributed by atoms with Crippen molar-refractivity contribution in [3.8, 4) is 5.75 Å². The molecular weight excluding hydrogens is 434 g/mol. The second-order valence-electron chi connectivity index (χ2n) is 8.03. The number of nitro benzene ring substituents is 1. The number of hydrogen-bond acceptors (Lipinski definition) is 7. The first-order valence-electron chi connectivity index (χ1n) is 10.9. The fourth-order valence-corrected chi connectivity index (χ4v) is 3.64. The van der Waals surface area contributed by atoms with Gasteiger partial charge in [-0.05, 0) is 25.0 Å². The molecule has 3 aromatic rings. The molecule has 1 amide bonds. The second kappa shape index (κ2) is 10.7. The number of hydrazone groups is 1. The first-order chi connectivity index (χ1) is 16.5. The lowest BCUT2D eigenvalue weighted by molar-refractivity contribution is -0.384. The average Bonchev–Trinajstić information content (AvgIpc) is 3.34. The third-order valence-electron chi connectivity index (χ3n) is 5.50. The Balaban J connectivity index is 1.34. The number of hydrazine groups is 1. The van der Waals surface area contributed by atoms with Crippen LogP contribution in [0.5, 0.6) is 5.75 Å². The Hall–Kier alpha value is -4.08. The minimum atomic E-state index is -0.502. The van der Waals surface area contributed by atoms with Crippen molar-refractivity contribution < 1.29 is 14.5 Å². The zero-order valence-corrected chi connectivity index (χ0v) is 18.6. The standard InChI is InChI=1S/C25H25N5O4/c1-17-9-11-18(12-10-17)16-34-24-8-3-2-7-21(24)22-14-23(28-27-22)25(31)29-26-15-19-5-4-6-20(13-19)30(32)33/h2-13,15,22-23,27-28H,14,16H2,1H3,(H,29,31)/b26-15+. The number of nitro groups is 1. The molecule has 34 heavy (non-hydrogen) atoms. The van der Waals surface area contributed by atoms with E-state index in [9.17, 15) is 14.9 Å². The third-order valence-corrected chi connectivity index (χ3v) is 5.50. The van der Waals surface area contributed by atoms with Gasteiger partial charge in [0.05, 0.1) is 17.2 Å². The normalized spacial score (nSPS) is 17.6. The van der Waals surface area contributed by atoms with E-state index in [0.717, 1.165) is 16.9 Å². The molecule has 1 aliphatic rings. The van der Waals surface area contributed by atoms with Crippen LogP contribution in [0.25, 0.3) is 0 Å². The Morgan fingerprint density at radius 1 is 1.15 bits per heavy atom. The molecule has 1 fully saturated rings. The van der Waals surface area contributed by atoms with Crippen molar-refractivity contribution in [1.29, 1.82) is 0 Å². The molecule has 0 spiro atoms. The molecule has 0 saturated carbocycles. The average molecular weight is 460 g/mol. The Morgan fingerprint density at radius 2 is 1.94 bits per heavy atom. The van der Waals surface area contributed by atoms with Crippen LogP contribution in [0.3, 0.4) is 0 Å². The van der Waals surface area contributed by atoms with Gasteiger partial charge in [0.15, 0.2) is 0 Å². The highest BCUT2D eigenvalue weighted by Crippen LogP contribution is 2.30. The van der Waals surface area contributed by atoms with Gasteiger partial charge < -0.3 is 4.74 Å².